The lowest BCUT2D eigenvalue weighted by atomic mass is 9.75. The summed E-state index contributed by atoms with van der Waals surface area (Å²) in [6, 6.07) is -0.272. The minimum absolute atomic E-state index is 0.0209. The minimum atomic E-state index is -0.450. The number of rotatable bonds is 7. The molecule has 0 aromatic heterocycles. The first kappa shape index (κ1) is 34.6. The molecule has 2 N–H and O–H groups in total. The number of ether oxygens (including phenoxy) is 1. The molecule has 0 spiro atoms. The highest BCUT2D eigenvalue weighted by atomic mass is 16.5. The first-order valence-corrected chi connectivity index (χ1v) is 19.5. The van der Waals surface area contributed by atoms with Gasteiger partial charge in [-0.05, 0) is 121 Å². The molecule has 7 aliphatic rings. The third kappa shape index (κ3) is 7.07. The van der Waals surface area contributed by atoms with E-state index in [1.807, 2.05) is 0 Å². The number of amides is 6. The monoisotopic (exact) mass is 680 g/mol. The second kappa shape index (κ2) is 14.4. The molecule has 11 nitrogen and oxygen atoms in total. The molecule has 5 aliphatic carbocycles. The number of imide groups is 2. The molecule has 5 saturated carbocycles. The second-order valence-electron chi connectivity index (χ2n) is 16.8. The van der Waals surface area contributed by atoms with Gasteiger partial charge < -0.3 is 15.4 Å². The van der Waals surface area contributed by atoms with Crippen molar-refractivity contribution in [2.24, 2.45) is 41.4 Å². The van der Waals surface area contributed by atoms with Crippen LogP contribution in [0.15, 0.2) is 0 Å². The molecule has 0 aromatic carbocycles. The highest BCUT2D eigenvalue weighted by Crippen LogP contribution is 2.44. The van der Waals surface area contributed by atoms with Crippen LogP contribution in [0, 0.1) is 41.4 Å². The van der Waals surface area contributed by atoms with Gasteiger partial charge in [0.1, 0.15) is 0 Å². The number of carbonyl (C=O) groups excluding carboxylic acids is 6. The molecular weight excluding hydrogens is 624 g/mol. The van der Waals surface area contributed by atoms with Crippen molar-refractivity contribution in [3.05, 3.63) is 0 Å². The molecule has 7 fully saturated rings. The Balaban J connectivity index is 0.876. The molecule has 7 rings (SSSR count). The molecule has 6 amide bonds. The molecule has 270 valence electrons. The van der Waals surface area contributed by atoms with Crippen LogP contribution in [0.3, 0.4) is 0 Å². The van der Waals surface area contributed by atoms with Crippen molar-refractivity contribution in [1.29, 1.82) is 0 Å². The number of nitrogens with zero attached hydrogens (tertiary/aromatic N) is 2. The van der Waals surface area contributed by atoms with Crippen LogP contribution in [0.25, 0.3) is 0 Å². The smallest absolute Gasteiger partial charge is 0.233 e. The summed E-state index contributed by atoms with van der Waals surface area (Å²) >= 11 is 0. The summed E-state index contributed by atoms with van der Waals surface area (Å²) in [5, 5.41) is 6.46. The molecule has 8 unspecified atom stereocenters. The van der Waals surface area contributed by atoms with Crippen LogP contribution in [-0.2, 0) is 33.5 Å². The summed E-state index contributed by atoms with van der Waals surface area (Å²) in [6.07, 6.45) is 15.2. The van der Waals surface area contributed by atoms with Gasteiger partial charge in [0, 0.05) is 37.0 Å². The fraction of sp³-hybridized carbons (Fsp3) is 0.842. The lowest BCUT2D eigenvalue weighted by Crippen LogP contribution is -2.49. The van der Waals surface area contributed by atoms with E-state index in [0.717, 1.165) is 63.7 Å². The van der Waals surface area contributed by atoms with Gasteiger partial charge in [-0.3, -0.25) is 38.6 Å². The predicted octanol–water partition coefficient (Wildman–Crippen LogP) is 3.87. The summed E-state index contributed by atoms with van der Waals surface area (Å²) in [5.41, 5.74) is 0. The van der Waals surface area contributed by atoms with Gasteiger partial charge in [-0.15, -0.1) is 0 Å². The molecule has 0 bridgehead atoms. The van der Waals surface area contributed by atoms with E-state index in [1.54, 1.807) is 0 Å². The van der Waals surface area contributed by atoms with E-state index in [-0.39, 0.29) is 83.3 Å². The molecule has 11 heteroatoms. The Bertz CT molecular complexity index is 1320. The highest BCUT2D eigenvalue weighted by molar-refractivity contribution is 6.06. The number of carbonyl (C=O) groups is 6. The summed E-state index contributed by atoms with van der Waals surface area (Å²) in [6.45, 7) is 2.32. The van der Waals surface area contributed by atoms with Gasteiger partial charge in [0.2, 0.25) is 35.4 Å². The lowest BCUT2D eigenvalue weighted by molar-refractivity contribution is -0.144. The largest absolute Gasteiger partial charge is 0.375 e. The van der Waals surface area contributed by atoms with Crippen LogP contribution in [0.4, 0.5) is 0 Å². The number of hydrogen-bond donors (Lipinski definition) is 2. The van der Waals surface area contributed by atoms with Gasteiger partial charge in [-0.1, -0.05) is 6.92 Å². The number of likely N-dealkylation sites (tertiary alicyclic amines) is 2. The Labute approximate surface area is 290 Å². The van der Waals surface area contributed by atoms with Crippen molar-refractivity contribution >= 4 is 35.4 Å². The first-order valence-electron chi connectivity index (χ1n) is 19.5. The van der Waals surface area contributed by atoms with Crippen LogP contribution in [0.5, 0.6) is 0 Å². The SMILES string of the molecule is CC1CCC(OC2CCC(NC(=O)C3CCC4C(=O)N(C5CCCC(NC(=O)C6CCC7C(=O)N(C)C(=O)C7C6)C5)C(=O)C4C3)CC2)CC1. The minimum Gasteiger partial charge on any atom is -0.375 e. The van der Waals surface area contributed by atoms with Crippen molar-refractivity contribution < 1.29 is 33.5 Å². The van der Waals surface area contributed by atoms with Crippen molar-refractivity contribution in [1.82, 2.24) is 20.4 Å². The van der Waals surface area contributed by atoms with Gasteiger partial charge in [-0.2, -0.15) is 0 Å². The molecule has 0 aromatic rings. The molecule has 0 radical (unpaired) electrons. The third-order valence-corrected chi connectivity index (χ3v) is 13.6. The van der Waals surface area contributed by atoms with Crippen LogP contribution in [0.2, 0.25) is 0 Å². The van der Waals surface area contributed by atoms with Gasteiger partial charge >= 0.3 is 0 Å². The van der Waals surface area contributed by atoms with E-state index in [1.165, 1.54) is 29.7 Å². The van der Waals surface area contributed by atoms with E-state index in [4.69, 9.17) is 4.74 Å². The van der Waals surface area contributed by atoms with Crippen LogP contribution < -0.4 is 10.6 Å². The normalized spacial score (nSPS) is 41.3. The number of nitrogens with one attached hydrogen (secondary N) is 2. The molecule has 8 atom stereocenters. The average molecular weight is 681 g/mol. The van der Waals surface area contributed by atoms with E-state index in [0.29, 0.717) is 51.0 Å². The Morgan fingerprint density at radius 2 is 1.08 bits per heavy atom. The van der Waals surface area contributed by atoms with Crippen LogP contribution in [-0.4, -0.2) is 82.6 Å². The molecule has 2 saturated heterocycles. The van der Waals surface area contributed by atoms with Crippen molar-refractivity contribution in [3.8, 4) is 0 Å². The van der Waals surface area contributed by atoms with Gasteiger partial charge in [0.05, 0.1) is 35.9 Å². The quantitative estimate of drug-likeness (QED) is 0.389. The summed E-state index contributed by atoms with van der Waals surface area (Å²) in [5.74, 6) is -1.96. The highest BCUT2D eigenvalue weighted by Gasteiger charge is 2.54. The second-order valence-corrected chi connectivity index (χ2v) is 16.8. The standard InChI is InChI=1S/C38H56N4O7/c1-21-6-12-27(13-7-21)49-28-14-10-24(11-15-28)39-33(43)23-9-17-30-32(19-23)38(48)42(37(30)47)26-5-3-4-25(20-26)40-34(44)22-8-16-29-31(18-22)36(46)41(2)35(29)45/h21-32H,3-20H2,1-2H3,(H,39,43)(H,40,44). The Hall–Kier alpha value is -2.82. The number of hydrogen-bond acceptors (Lipinski definition) is 7. The third-order valence-electron chi connectivity index (χ3n) is 13.6. The number of fused-ring (bicyclic) bond motifs is 2. The van der Waals surface area contributed by atoms with Crippen molar-refractivity contribution in [3.63, 3.8) is 0 Å². The van der Waals surface area contributed by atoms with Gasteiger partial charge in [0.15, 0.2) is 0 Å². The molecule has 2 heterocycles. The van der Waals surface area contributed by atoms with E-state index in [2.05, 4.69) is 17.6 Å². The zero-order chi connectivity index (χ0) is 34.4. The lowest BCUT2D eigenvalue weighted by Gasteiger charge is -2.36. The van der Waals surface area contributed by atoms with Gasteiger partial charge in [0.25, 0.3) is 0 Å². The maximum Gasteiger partial charge on any atom is 0.233 e. The predicted molar refractivity (Wildman–Crippen MR) is 179 cm³/mol. The van der Waals surface area contributed by atoms with E-state index >= 15 is 0 Å². The molecule has 2 aliphatic heterocycles. The Morgan fingerprint density at radius 3 is 1.71 bits per heavy atom. The van der Waals surface area contributed by atoms with Gasteiger partial charge in [-0.25, -0.2) is 0 Å². The fourth-order valence-corrected chi connectivity index (χ4v) is 10.5. The maximum atomic E-state index is 13.8. The average Bonchev–Trinajstić information content (AvgIpc) is 3.49. The first-order chi connectivity index (χ1) is 23.6. The summed E-state index contributed by atoms with van der Waals surface area (Å²) in [4.78, 5) is 81.8. The maximum absolute atomic E-state index is 13.8. The topological polar surface area (TPSA) is 142 Å². The van der Waals surface area contributed by atoms with Crippen molar-refractivity contribution in [2.45, 2.75) is 153 Å². The summed E-state index contributed by atoms with van der Waals surface area (Å²) < 4.78 is 6.43. The molecular formula is C38H56N4O7. The zero-order valence-electron chi connectivity index (χ0n) is 29.4. The summed E-state index contributed by atoms with van der Waals surface area (Å²) in [7, 11) is 1.52. The van der Waals surface area contributed by atoms with E-state index in [9.17, 15) is 28.8 Å². The van der Waals surface area contributed by atoms with E-state index < -0.39 is 11.8 Å². The Kier molecular flexibility index (Phi) is 10.2. The van der Waals surface area contributed by atoms with Crippen molar-refractivity contribution in [2.75, 3.05) is 7.05 Å². The fourth-order valence-electron chi connectivity index (χ4n) is 10.5. The Morgan fingerprint density at radius 1 is 0.571 bits per heavy atom. The zero-order valence-corrected chi connectivity index (χ0v) is 29.4. The van der Waals surface area contributed by atoms with Crippen LogP contribution >= 0.6 is 0 Å². The van der Waals surface area contributed by atoms with Crippen LogP contribution in [0.1, 0.15) is 122 Å². The molecule has 49 heavy (non-hydrogen) atoms.